The van der Waals surface area contributed by atoms with E-state index in [1.165, 1.54) is 5.19 Å². The molecule has 0 aromatic heterocycles. The van der Waals surface area contributed by atoms with Gasteiger partial charge >= 0.3 is 0 Å². The Morgan fingerprint density at radius 3 is 2.47 bits per heavy atom. The molecule has 1 atom stereocenters. The van der Waals surface area contributed by atoms with E-state index in [4.69, 9.17) is 4.43 Å². The average Bonchev–Trinajstić information content (AvgIpc) is 2.18. The topological polar surface area (TPSA) is 9.23 Å². The van der Waals surface area contributed by atoms with Crippen molar-refractivity contribution in [3.63, 3.8) is 0 Å². The minimum Gasteiger partial charge on any atom is -0.406 e. The monoisotopic (exact) mass is 218 g/mol. The van der Waals surface area contributed by atoms with Gasteiger partial charge in [0, 0.05) is 0 Å². The molecule has 1 aromatic carbocycles. The van der Waals surface area contributed by atoms with Gasteiger partial charge in [-0.15, -0.1) is 5.73 Å². The lowest BCUT2D eigenvalue weighted by molar-refractivity contribution is 0.267. The van der Waals surface area contributed by atoms with Crippen molar-refractivity contribution in [1.29, 1.82) is 0 Å². The van der Waals surface area contributed by atoms with Crippen LogP contribution in [0, 0.1) is 0 Å². The molecule has 0 aliphatic carbocycles. The maximum Gasteiger partial charge on any atom is 0.218 e. The molecular weight excluding hydrogens is 200 g/mol. The highest BCUT2D eigenvalue weighted by molar-refractivity contribution is 6.84. The van der Waals surface area contributed by atoms with Gasteiger partial charge < -0.3 is 4.43 Å². The summed E-state index contributed by atoms with van der Waals surface area (Å²) in [7, 11) is -1.78. The third-order valence-electron chi connectivity index (χ3n) is 2.30. The van der Waals surface area contributed by atoms with E-state index in [2.05, 4.69) is 49.7 Å². The van der Waals surface area contributed by atoms with E-state index in [0.717, 1.165) is 0 Å². The molecule has 0 radical (unpaired) electrons. The molecule has 2 heteroatoms. The molecule has 0 heterocycles. The van der Waals surface area contributed by atoms with Gasteiger partial charge in [-0.25, -0.2) is 0 Å². The van der Waals surface area contributed by atoms with E-state index in [1.807, 2.05) is 19.1 Å². The predicted molar refractivity (Wildman–Crippen MR) is 67.8 cm³/mol. The highest BCUT2D eigenvalue weighted by Crippen LogP contribution is 2.09. The summed E-state index contributed by atoms with van der Waals surface area (Å²) in [5, 5.41) is 1.31. The van der Waals surface area contributed by atoms with E-state index >= 15 is 0 Å². The van der Waals surface area contributed by atoms with Gasteiger partial charge in [-0.2, -0.15) is 0 Å². The highest BCUT2D eigenvalue weighted by atomic mass is 28.4. The number of hydrogen-bond donors (Lipinski definition) is 0. The molecule has 0 fully saturated rings. The molecule has 0 unspecified atom stereocenters. The van der Waals surface area contributed by atoms with Crippen molar-refractivity contribution in [2.45, 2.75) is 26.1 Å². The first-order chi connectivity index (χ1) is 7.06. The van der Waals surface area contributed by atoms with Crippen LogP contribution in [0.3, 0.4) is 0 Å². The predicted octanol–water partition coefficient (Wildman–Crippen LogP) is 2.84. The fourth-order valence-electron chi connectivity index (χ4n) is 1.57. The highest BCUT2D eigenvalue weighted by Gasteiger charge is 2.26. The maximum atomic E-state index is 6.05. The molecule has 0 amide bonds. The van der Waals surface area contributed by atoms with E-state index in [0.29, 0.717) is 0 Å². The van der Waals surface area contributed by atoms with Crippen LogP contribution in [0.5, 0.6) is 0 Å². The summed E-state index contributed by atoms with van der Waals surface area (Å²) >= 11 is 0. The minimum atomic E-state index is -1.78. The largest absolute Gasteiger partial charge is 0.406 e. The average molecular weight is 218 g/mol. The smallest absolute Gasteiger partial charge is 0.218 e. The Balaban J connectivity index is 2.79. The van der Waals surface area contributed by atoms with Gasteiger partial charge in [0.05, 0.1) is 6.10 Å². The van der Waals surface area contributed by atoms with E-state index in [9.17, 15) is 0 Å². The van der Waals surface area contributed by atoms with Gasteiger partial charge in [0.25, 0.3) is 0 Å². The first kappa shape index (κ1) is 12.0. The first-order valence-corrected chi connectivity index (χ1v) is 8.06. The van der Waals surface area contributed by atoms with Crippen LogP contribution in [-0.4, -0.2) is 14.4 Å². The molecule has 1 nitrogen and oxygen atoms in total. The van der Waals surface area contributed by atoms with Crippen molar-refractivity contribution < 1.29 is 4.43 Å². The Morgan fingerprint density at radius 1 is 1.33 bits per heavy atom. The zero-order valence-corrected chi connectivity index (χ0v) is 10.7. The van der Waals surface area contributed by atoms with Crippen molar-refractivity contribution in [1.82, 2.24) is 0 Å². The molecule has 15 heavy (non-hydrogen) atoms. The third-order valence-corrected chi connectivity index (χ3v) is 4.99. The fraction of sp³-hybridized carbons (Fsp3) is 0.308. The summed E-state index contributed by atoms with van der Waals surface area (Å²) in [5.74, 6) is 0. The Morgan fingerprint density at radius 2 is 1.93 bits per heavy atom. The normalized spacial score (nSPS) is 13.0. The molecule has 0 spiro atoms. The van der Waals surface area contributed by atoms with Crippen molar-refractivity contribution in [3.05, 3.63) is 48.7 Å². The Bertz CT molecular complexity index is 350. The standard InChI is InChI=1S/C13H18OSi/c1-5-9-12(2)14-15(3,4)13-10-7-6-8-11-13/h6-12H,1H2,2-4H3/t12-/m0/s1. The van der Waals surface area contributed by atoms with Crippen LogP contribution in [0.15, 0.2) is 48.7 Å². The molecular formula is C13H18OSi. The maximum absolute atomic E-state index is 6.05. The Labute approximate surface area is 93.2 Å². The lowest BCUT2D eigenvalue weighted by Gasteiger charge is -2.26. The van der Waals surface area contributed by atoms with Gasteiger partial charge in [-0.1, -0.05) is 36.9 Å². The summed E-state index contributed by atoms with van der Waals surface area (Å²) in [6, 6.07) is 10.4. The van der Waals surface area contributed by atoms with Crippen LogP contribution in [0.4, 0.5) is 0 Å². The number of hydrogen-bond acceptors (Lipinski definition) is 1. The zero-order valence-electron chi connectivity index (χ0n) is 9.66. The van der Waals surface area contributed by atoms with Gasteiger partial charge in [0.2, 0.25) is 8.32 Å². The fourth-order valence-corrected chi connectivity index (χ4v) is 3.70. The van der Waals surface area contributed by atoms with E-state index in [-0.39, 0.29) is 6.10 Å². The lowest BCUT2D eigenvalue weighted by atomic mass is 10.4. The first-order valence-electron chi connectivity index (χ1n) is 5.15. The quantitative estimate of drug-likeness (QED) is 0.558. The number of benzene rings is 1. The molecule has 0 saturated carbocycles. The summed E-state index contributed by atoms with van der Waals surface area (Å²) in [4.78, 5) is 0. The van der Waals surface area contributed by atoms with Crippen molar-refractivity contribution in [2.75, 3.05) is 0 Å². The molecule has 1 rings (SSSR count). The van der Waals surface area contributed by atoms with Crippen molar-refractivity contribution >= 4 is 13.5 Å². The molecule has 0 aliphatic rings. The van der Waals surface area contributed by atoms with Crippen molar-refractivity contribution in [2.24, 2.45) is 0 Å². The molecule has 0 bridgehead atoms. The van der Waals surface area contributed by atoms with Gasteiger partial charge in [0.15, 0.2) is 0 Å². The van der Waals surface area contributed by atoms with Gasteiger partial charge in [-0.05, 0) is 31.3 Å². The van der Waals surface area contributed by atoms with Crippen LogP contribution in [0.25, 0.3) is 0 Å². The SMILES string of the molecule is C=C=C[C@H](C)O[Si](C)(C)c1ccccc1. The summed E-state index contributed by atoms with van der Waals surface area (Å²) < 4.78 is 6.05. The molecule has 0 N–H and O–H groups in total. The molecule has 80 valence electrons. The second-order valence-electron chi connectivity index (χ2n) is 4.07. The van der Waals surface area contributed by atoms with Crippen LogP contribution in [0.1, 0.15) is 6.92 Å². The minimum absolute atomic E-state index is 0.0874. The molecule has 1 aromatic rings. The summed E-state index contributed by atoms with van der Waals surface area (Å²) in [5.41, 5.74) is 2.76. The van der Waals surface area contributed by atoms with Crippen molar-refractivity contribution in [3.8, 4) is 0 Å². The number of rotatable bonds is 4. The zero-order chi connectivity index (χ0) is 11.3. The summed E-state index contributed by atoms with van der Waals surface area (Å²) in [6.45, 7) is 9.99. The van der Waals surface area contributed by atoms with Crippen LogP contribution in [-0.2, 0) is 4.43 Å². The van der Waals surface area contributed by atoms with Crippen LogP contribution in [0.2, 0.25) is 13.1 Å². The Kier molecular flexibility index (Phi) is 4.10. The second kappa shape index (κ2) is 5.13. The van der Waals surface area contributed by atoms with E-state index < -0.39 is 8.32 Å². The van der Waals surface area contributed by atoms with E-state index in [1.54, 1.807) is 0 Å². The second-order valence-corrected chi connectivity index (χ2v) is 7.90. The lowest BCUT2D eigenvalue weighted by Crippen LogP contribution is -2.46. The van der Waals surface area contributed by atoms with Crippen LogP contribution < -0.4 is 5.19 Å². The van der Waals surface area contributed by atoms with Gasteiger partial charge in [0.1, 0.15) is 0 Å². The molecule has 0 saturated heterocycles. The summed E-state index contributed by atoms with van der Waals surface area (Å²) in [6.07, 6.45) is 1.95. The third kappa shape index (κ3) is 3.52. The van der Waals surface area contributed by atoms with Gasteiger partial charge in [-0.3, -0.25) is 0 Å². The molecule has 0 aliphatic heterocycles. The Hall–Kier alpha value is -1.08. The van der Waals surface area contributed by atoms with Crippen LogP contribution >= 0.6 is 0 Å².